The van der Waals surface area contributed by atoms with Gasteiger partial charge in [0.1, 0.15) is 12.0 Å². The van der Waals surface area contributed by atoms with Crippen LogP contribution in [0.4, 0.5) is 0 Å². The lowest BCUT2D eigenvalue weighted by molar-refractivity contribution is -0.107. The van der Waals surface area contributed by atoms with Crippen LogP contribution in [0.5, 0.6) is 5.75 Å². The third-order valence-electron chi connectivity index (χ3n) is 4.28. The number of benzene rings is 1. The second kappa shape index (κ2) is 8.82. The monoisotopic (exact) mass is 317 g/mol. The molecule has 0 aliphatic carbocycles. The molecule has 4 nitrogen and oxygen atoms in total. The molecule has 0 spiro atoms. The molecule has 0 amide bonds. The maximum atomic E-state index is 11.6. The molecule has 0 radical (unpaired) electrons. The summed E-state index contributed by atoms with van der Waals surface area (Å²) >= 11 is 0. The number of likely N-dealkylation sites (tertiary alicyclic amines) is 1. The molecule has 2 atom stereocenters. The Morgan fingerprint density at radius 3 is 2.48 bits per heavy atom. The standard InChI is InChI=1S/C19H27NO3/c1-15-12-16(2)14-20(13-15)9-3-11-23-18-6-4-17(5-7-18)19(22)8-10-21/h4-7,10,15-16H,3,8-9,11-14H2,1-2H3/t15-,16-/m1/s1. The normalized spacial score (nSPS) is 21.8. The molecule has 0 saturated carbocycles. The number of carbonyl (C=O) groups is 2. The third kappa shape index (κ3) is 5.79. The fourth-order valence-electron chi connectivity index (χ4n) is 3.38. The van der Waals surface area contributed by atoms with Gasteiger partial charge < -0.3 is 14.4 Å². The Labute approximate surface area is 138 Å². The van der Waals surface area contributed by atoms with Gasteiger partial charge in [0.25, 0.3) is 0 Å². The molecule has 1 aromatic rings. The van der Waals surface area contributed by atoms with Gasteiger partial charge in [-0.3, -0.25) is 4.79 Å². The van der Waals surface area contributed by atoms with Gasteiger partial charge >= 0.3 is 0 Å². The van der Waals surface area contributed by atoms with Crippen molar-refractivity contribution in [2.75, 3.05) is 26.2 Å². The van der Waals surface area contributed by atoms with E-state index in [2.05, 4.69) is 18.7 Å². The Hall–Kier alpha value is -1.68. The maximum Gasteiger partial charge on any atom is 0.169 e. The average Bonchev–Trinajstić information content (AvgIpc) is 2.51. The number of aldehydes is 1. The highest BCUT2D eigenvalue weighted by Gasteiger charge is 2.20. The summed E-state index contributed by atoms with van der Waals surface area (Å²) in [6, 6.07) is 7.02. The quantitative estimate of drug-likeness (QED) is 0.320. The van der Waals surface area contributed by atoms with Gasteiger partial charge in [-0.15, -0.1) is 0 Å². The number of hydrogen-bond acceptors (Lipinski definition) is 4. The summed E-state index contributed by atoms with van der Waals surface area (Å²) in [6.45, 7) is 8.79. The summed E-state index contributed by atoms with van der Waals surface area (Å²) in [4.78, 5) is 24.4. The maximum absolute atomic E-state index is 11.6. The van der Waals surface area contributed by atoms with E-state index in [1.807, 2.05) is 0 Å². The Bertz CT molecular complexity index is 502. The number of nitrogens with zero attached hydrogens (tertiary/aromatic N) is 1. The Morgan fingerprint density at radius 1 is 1.22 bits per heavy atom. The number of piperidine rings is 1. The highest BCUT2D eigenvalue weighted by molar-refractivity contribution is 6.02. The minimum absolute atomic E-state index is 0.0626. The van der Waals surface area contributed by atoms with Gasteiger partial charge in [-0.1, -0.05) is 13.8 Å². The largest absolute Gasteiger partial charge is 0.494 e. The summed E-state index contributed by atoms with van der Waals surface area (Å²) in [5.74, 6) is 2.19. The zero-order valence-electron chi connectivity index (χ0n) is 14.2. The minimum atomic E-state index is -0.153. The number of ether oxygens (including phenoxy) is 1. The summed E-state index contributed by atoms with van der Waals surface area (Å²) in [5, 5.41) is 0. The molecular weight excluding hydrogens is 290 g/mol. The molecule has 2 rings (SSSR count). The number of hydrogen-bond donors (Lipinski definition) is 0. The first-order valence-corrected chi connectivity index (χ1v) is 8.50. The predicted molar refractivity (Wildman–Crippen MR) is 91.0 cm³/mol. The van der Waals surface area contributed by atoms with Crippen LogP contribution in [-0.2, 0) is 4.79 Å². The number of carbonyl (C=O) groups excluding carboxylic acids is 2. The fourth-order valence-corrected chi connectivity index (χ4v) is 3.38. The van der Waals surface area contributed by atoms with E-state index in [9.17, 15) is 9.59 Å². The van der Waals surface area contributed by atoms with Crippen molar-refractivity contribution in [3.05, 3.63) is 29.8 Å². The van der Waals surface area contributed by atoms with Crippen molar-refractivity contribution in [1.29, 1.82) is 0 Å². The van der Waals surface area contributed by atoms with E-state index in [0.29, 0.717) is 18.5 Å². The van der Waals surface area contributed by atoms with Crippen molar-refractivity contribution in [2.45, 2.75) is 33.1 Å². The van der Waals surface area contributed by atoms with Gasteiger partial charge in [-0.25, -0.2) is 0 Å². The van der Waals surface area contributed by atoms with E-state index >= 15 is 0 Å². The van der Waals surface area contributed by atoms with E-state index in [4.69, 9.17) is 4.74 Å². The van der Waals surface area contributed by atoms with Crippen molar-refractivity contribution >= 4 is 12.1 Å². The van der Waals surface area contributed by atoms with Crippen LogP contribution in [0.1, 0.15) is 43.5 Å². The fraction of sp³-hybridized carbons (Fsp3) is 0.579. The Morgan fingerprint density at radius 2 is 1.87 bits per heavy atom. The molecule has 0 bridgehead atoms. The first-order chi connectivity index (χ1) is 11.1. The Kier molecular flexibility index (Phi) is 6.78. The van der Waals surface area contributed by atoms with Gasteiger partial charge in [0, 0.05) is 25.2 Å². The van der Waals surface area contributed by atoms with E-state index in [1.165, 1.54) is 19.5 Å². The number of ketones is 1. The molecule has 23 heavy (non-hydrogen) atoms. The van der Waals surface area contributed by atoms with Crippen molar-refractivity contribution in [3.63, 3.8) is 0 Å². The Balaban J connectivity index is 1.70. The van der Waals surface area contributed by atoms with E-state index in [-0.39, 0.29) is 12.2 Å². The van der Waals surface area contributed by atoms with Gasteiger partial charge in [0.05, 0.1) is 13.0 Å². The second-order valence-electron chi connectivity index (χ2n) is 6.73. The van der Waals surface area contributed by atoms with Crippen molar-refractivity contribution < 1.29 is 14.3 Å². The molecule has 1 aromatic carbocycles. The molecule has 0 N–H and O–H groups in total. The molecule has 0 aromatic heterocycles. The zero-order valence-corrected chi connectivity index (χ0v) is 14.2. The molecule has 1 aliphatic rings. The molecule has 0 unspecified atom stereocenters. The van der Waals surface area contributed by atoms with Crippen molar-refractivity contribution in [3.8, 4) is 5.75 Å². The molecule has 1 aliphatic heterocycles. The van der Waals surface area contributed by atoms with Crippen LogP contribution in [0.15, 0.2) is 24.3 Å². The van der Waals surface area contributed by atoms with Gasteiger partial charge in [0.15, 0.2) is 5.78 Å². The SMILES string of the molecule is C[C@@H]1C[C@@H](C)CN(CCCOc2ccc(C(=O)CC=O)cc2)C1. The zero-order chi connectivity index (χ0) is 16.7. The minimum Gasteiger partial charge on any atom is -0.494 e. The summed E-state index contributed by atoms with van der Waals surface area (Å²) in [6.07, 6.45) is 2.91. The van der Waals surface area contributed by atoms with Gasteiger partial charge in [-0.05, 0) is 48.9 Å². The van der Waals surface area contributed by atoms with Crippen LogP contribution in [0, 0.1) is 11.8 Å². The van der Waals surface area contributed by atoms with Crippen LogP contribution >= 0.6 is 0 Å². The lowest BCUT2D eigenvalue weighted by Gasteiger charge is -2.34. The highest BCUT2D eigenvalue weighted by atomic mass is 16.5. The van der Waals surface area contributed by atoms with Crippen LogP contribution in [-0.4, -0.2) is 43.2 Å². The van der Waals surface area contributed by atoms with Gasteiger partial charge in [0.2, 0.25) is 0 Å². The molecule has 1 fully saturated rings. The smallest absolute Gasteiger partial charge is 0.169 e. The van der Waals surface area contributed by atoms with Crippen LogP contribution < -0.4 is 4.74 Å². The molecule has 1 saturated heterocycles. The third-order valence-corrected chi connectivity index (χ3v) is 4.28. The topological polar surface area (TPSA) is 46.6 Å². The van der Waals surface area contributed by atoms with E-state index in [0.717, 1.165) is 30.6 Å². The first-order valence-electron chi connectivity index (χ1n) is 8.50. The molecule has 1 heterocycles. The van der Waals surface area contributed by atoms with Crippen molar-refractivity contribution in [1.82, 2.24) is 4.90 Å². The number of Topliss-reactive ketones (excluding diaryl/α,β-unsaturated/α-hetero) is 1. The summed E-state index contributed by atoms with van der Waals surface area (Å²) in [5.41, 5.74) is 0.556. The lowest BCUT2D eigenvalue weighted by atomic mass is 9.92. The van der Waals surface area contributed by atoms with Crippen molar-refractivity contribution in [2.24, 2.45) is 11.8 Å². The van der Waals surface area contributed by atoms with E-state index < -0.39 is 0 Å². The second-order valence-corrected chi connectivity index (χ2v) is 6.73. The molecule has 4 heteroatoms. The summed E-state index contributed by atoms with van der Waals surface area (Å²) < 4.78 is 5.74. The van der Waals surface area contributed by atoms with Crippen LogP contribution in [0.25, 0.3) is 0 Å². The van der Waals surface area contributed by atoms with Gasteiger partial charge in [-0.2, -0.15) is 0 Å². The molecular formula is C19H27NO3. The highest BCUT2D eigenvalue weighted by Crippen LogP contribution is 2.21. The number of rotatable bonds is 8. The summed E-state index contributed by atoms with van der Waals surface area (Å²) in [7, 11) is 0. The molecule has 126 valence electrons. The predicted octanol–water partition coefficient (Wildman–Crippen LogP) is 3.21. The average molecular weight is 317 g/mol. The van der Waals surface area contributed by atoms with Crippen LogP contribution in [0.2, 0.25) is 0 Å². The first kappa shape index (κ1) is 17.7. The van der Waals surface area contributed by atoms with Crippen LogP contribution in [0.3, 0.4) is 0 Å². The van der Waals surface area contributed by atoms with E-state index in [1.54, 1.807) is 24.3 Å². The lowest BCUT2D eigenvalue weighted by Crippen LogP contribution is -2.39.